The fraction of sp³-hybridized carbons (Fsp3) is 0.111. The molecule has 0 unspecified atom stereocenters. The van der Waals surface area contributed by atoms with E-state index in [1.165, 1.54) is 16.9 Å². The summed E-state index contributed by atoms with van der Waals surface area (Å²) in [6, 6.07) is 15.7. The van der Waals surface area contributed by atoms with E-state index in [0.29, 0.717) is 10.7 Å². The predicted octanol–water partition coefficient (Wildman–Crippen LogP) is 5.06. The molecule has 1 aromatic heterocycles. The highest BCUT2D eigenvalue weighted by atomic mass is 79.9. The Labute approximate surface area is 147 Å². The number of hydrogen-bond acceptors (Lipinski definition) is 3. The normalized spacial score (nSPS) is 10.5. The number of hydrogen-bond donors (Lipinski definition) is 1. The number of aryl methyl sites for hydroxylation is 1. The second kappa shape index (κ2) is 7.06. The van der Waals surface area contributed by atoms with Crippen molar-refractivity contribution in [3.63, 3.8) is 0 Å². The minimum atomic E-state index is -0.118. The van der Waals surface area contributed by atoms with Crippen molar-refractivity contribution in [2.45, 2.75) is 13.3 Å². The molecule has 0 radical (unpaired) electrons. The standard InChI is InChI=1S/C18H15BrN2OS/c1-12-4-2-3-5-16(12)17(22)21-18-20-15(11-23-18)10-13-6-8-14(19)9-7-13/h2-9,11H,10H2,1H3,(H,20,21,22). The van der Waals surface area contributed by atoms with Gasteiger partial charge in [-0.2, -0.15) is 0 Å². The van der Waals surface area contributed by atoms with Crippen molar-refractivity contribution in [2.75, 3.05) is 5.32 Å². The fourth-order valence-corrected chi connectivity index (χ4v) is 3.22. The van der Waals surface area contributed by atoms with Crippen LogP contribution < -0.4 is 5.32 Å². The Balaban J connectivity index is 1.69. The first-order valence-electron chi connectivity index (χ1n) is 7.17. The van der Waals surface area contributed by atoms with E-state index < -0.39 is 0 Å². The molecule has 0 bridgehead atoms. The van der Waals surface area contributed by atoms with E-state index in [9.17, 15) is 4.79 Å². The maximum atomic E-state index is 12.3. The molecule has 1 amide bonds. The smallest absolute Gasteiger partial charge is 0.257 e. The van der Waals surface area contributed by atoms with Gasteiger partial charge in [0.25, 0.3) is 5.91 Å². The average molecular weight is 387 g/mol. The van der Waals surface area contributed by atoms with Crippen molar-refractivity contribution >= 4 is 38.3 Å². The van der Waals surface area contributed by atoms with E-state index in [-0.39, 0.29) is 5.91 Å². The number of rotatable bonds is 4. The van der Waals surface area contributed by atoms with Crippen molar-refractivity contribution in [1.29, 1.82) is 0 Å². The van der Waals surface area contributed by atoms with Gasteiger partial charge in [0.15, 0.2) is 5.13 Å². The quantitative estimate of drug-likeness (QED) is 0.680. The first kappa shape index (κ1) is 15.9. The zero-order valence-electron chi connectivity index (χ0n) is 12.5. The first-order chi connectivity index (χ1) is 11.1. The van der Waals surface area contributed by atoms with Crippen LogP contribution in [0.2, 0.25) is 0 Å². The van der Waals surface area contributed by atoms with Crippen molar-refractivity contribution in [3.8, 4) is 0 Å². The van der Waals surface area contributed by atoms with E-state index in [1.54, 1.807) is 0 Å². The second-order valence-electron chi connectivity index (χ2n) is 5.22. The molecule has 2 aromatic carbocycles. The number of halogens is 1. The van der Waals surface area contributed by atoms with Gasteiger partial charge in [0.05, 0.1) is 5.69 Å². The third kappa shape index (κ3) is 4.06. The summed E-state index contributed by atoms with van der Waals surface area (Å²) in [5.74, 6) is -0.118. The zero-order chi connectivity index (χ0) is 16.2. The molecule has 0 aliphatic carbocycles. The van der Waals surface area contributed by atoms with Crippen LogP contribution in [-0.2, 0) is 6.42 Å². The first-order valence-corrected chi connectivity index (χ1v) is 8.85. The summed E-state index contributed by atoms with van der Waals surface area (Å²) < 4.78 is 1.06. The van der Waals surface area contributed by atoms with Gasteiger partial charge in [-0.1, -0.05) is 46.3 Å². The molecule has 3 rings (SSSR count). The molecule has 23 heavy (non-hydrogen) atoms. The molecule has 0 aliphatic heterocycles. The van der Waals surface area contributed by atoms with Gasteiger partial charge in [-0.15, -0.1) is 11.3 Å². The number of benzene rings is 2. The lowest BCUT2D eigenvalue weighted by molar-refractivity contribution is 0.102. The number of carbonyl (C=O) groups excluding carboxylic acids is 1. The molecule has 0 atom stereocenters. The SMILES string of the molecule is Cc1ccccc1C(=O)Nc1nc(Cc2ccc(Br)cc2)cs1. The highest BCUT2D eigenvalue weighted by Crippen LogP contribution is 2.20. The van der Waals surface area contributed by atoms with Crippen LogP contribution in [0.4, 0.5) is 5.13 Å². The van der Waals surface area contributed by atoms with Crippen LogP contribution in [-0.4, -0.2) is 10.9 Å². The van der Waals surface area contributed by atoms with Crippen LogP contribution >= 0.6 is 27.3 Å². The van der Waals surface area contributed by atoms with E-state index in [4.69, 9.17) is 0 Å². The monoisotopic (exact) mass is 386 g/mol. The van der Waals surface area contributed by atoms with Crippen LogP contribution in [0, 0.1) is 6.92 Å². The molecule has 1 heterocycles. The largest absolute Gasteiger partial charge is 0.298 e. The van der Waals surface area contributed by atoms with Crippen LogP contribution in [0.5, 0.6) is 0 Å². The van der Waals surface area contributed by atoms with Gasteiger partial charge in [-0.3, -0.25) is 10.1 Å². The minimum absolute atomic E-state index is 0.118. The fourth-order valence-electron chi connectivity index (χ4n) is 2.25. The summed E-state index contributed by atoms with van der Waals surface area (Å²) in [6.07, 6.45) is 0.754. The summed E-state index contributed by atoms with van der Waals surface area (Å²) in [5.41, 5.74) is 3.78. The Kier molecular flexibility index (Phi) is 4.88. The number of anilines is 1. The summed E-state index contributed by atoms with van der Waals surface area (Å²) in [4.78, 5) is 16.8. The number of aromatic nitrogens is 1. The summed E-state index contributed by atoms with van der Waals surface area (Å²) in [7, 11) is 0. The van der Waals surface area contributed by atoms with E-state index in [1.807, 2.05) is 48.7 Å². The molecule has 0 saturated heterocycles. The van der Waals surface area contributed by atoms with Gasteiger partial charge >= 0.3 is 0 Å². The molecular weight excluding hydrogens is 372 g/mol. The Hall–Kier alpha value is -1.98. The molecule has 116 valence electrons. The van der Waals surface area contributed by atoms with E-state index >= 15 is 0 Å². The number of thiazole rings is 1. The van der Waals surface area contributed by atoms with Gasteiger partial charge in [-0.05, 0) is 36.2 Å². The second-order valence-corrected chi connectivity index (χ2v) is 6.99. The molecule has 1 N–H and O–H groups in total. The third-order valence-electron chi connectivity index (χ3n) is 3.46. The molecule has 0 aliphatic rings. The lowest BCUT2D eigenvalue weighted by Gasteiger charge is -2.04. The van der Waals surface area contributed by atoms with Crippen molar-refractivity contribution in [1.82, 2.24) is 4.98 Å². The van der Waals surface area contributed by atoms with Gasteiger partial charge in [0, 0.05) is 21.8 Å². The van der Waals surface area contributed by atoms with E-state index in [2.05, 4.69) is 38.4 Å². The highest BCUT2D eigenvalue weighted by molar-refractivity contribution is 9.10. The number of nitrogens with one attached hydrogen (secondary N) is 1. The van der Waals surface area contributed by atoms with Crippen molar-refractivity contribution in [2.24, 2.45) is 0 Å². The third-order valence-corrected chi connectivity index (χ3v) is 4.80. The van der Waals surface area contributed by atoms with Crippen molar-refractivity contribution < 1.29 is 4.79 Å². The topological polar surface area (TPSA) is 42.0 Å². The number of carbonyl (C=O) groups is 1. The maximum Gasteiger partial charge on any atom is 0.257 e. The molecule has 3 nitrogen and oxygen atoms in total. The Morgan fingerprint density at radius 2 is 1.91 bits per heavy atom. The highest BCUT2D eigenvalue weighted by Gasteiger charge is 2.11. The Bertz CT molecular complexity index is 827. The van der Waals surface area contributed by atoms with Crippen molar-refractivity contribution in [3.05, 3.63) is 80.8 Å². The van der Waals surface area contributed by atoms with Crippen LogP contribution in [0.25, 0.3) is 0 Å². The maximum absolute atomic E-state index is 12.3. The molecular formula is C18H15BrN2OS. The van der Waals surface area contributed by atoms with Crippen LogP contribution in [0.1, 0.15) is 27.2 Å². The average Bonchev–Trinajstić information content (AvgIpc) is 2.97. The van der Waals surface area contributed by atoms with Crippen LogP contribution in [0.15, 0.2) is 58.4 Å². The lowest BCUT2D eigenvalue weighted by atomic mass is 10.1. The molecule has 0 spiro atoms. The van der Waals surface area contributed by atoms with Gasteiger partial charge in [0.1, 0.15) is 0 Å². The minimum Gasteiger partial charge on any atom is -0.298 e. The Morgan fingerprint density at radius 1 is 1.17 bits per heavy atom. The van der Waals surface area contributed by atoms with Gasteiger partial charge in [-0.25, -0.2) is 4.98 Å². The lowest BCUT2D eigenvalue weighted by Crippen LogP contribution is -2.13. The molecule has 0 saturated carbocycles. The number of amides is 1. The van der Waals surface area contributed by atoms with Crippen LogP contribution in [0.3, 0.4) is 0 Å². The number of nitrogens with zero attached hydrogens (tertiary/aromatic N) is 1. The summed E-state index contributed by atoms with van der Waals surface area (Å²) >= 11 is 4.88. The van der Waals surface area contributed by atoms with Gasteiger partial charge < -0.3 is 0 Å². The summed E-state index contributed by atoms with van der Waals surface area (Å²) in [6.45, 7) is 1.93. The van der Waals surface area contributed by atoms with E-state index in [0.717, 1.165) is 22.2 Å². The Morgan fingerprint density at radius 3 is 2.65 bits per heavy atom. The predicted molar refractivity (Wildman–Crippen MR) is 98.2 cm³/mol. The molecule has 3 aromatic rings. The molecule has 0 fully saturated rings. The van der Waals surface area contributed by atoms with Gasteiger partial charge in [0.2, 0.25) is 0 Å². The zero-order valence-corrected chi connectivity index (χ0v) is 14.9. The molecule has 5 heteroatoms. The summed E-state index contributed by atoms with van der Waals surface area (Å²) in [5, 5.41) is 5.49.